The Labute approximate surface area is 73.6 Å². The second-order valence-electron chi connectivity index (χ2n) is 2.67. The van der Waals surface area contributed by atoms with Crippen molar-refractivity contribution in [2.45, 2.75) is 26.2 Å². The number of carbonyl (C=O) groups is 1. The summed E-state index contributed by atoms with van der Waals surface area (Å²) in [6, 6.07) is 0. The average molecular weight is 168 g/mol. The SMILES string of the molecule is C=CC/C=C\CC(CC)C(=O)O. The summed E-state index contributed by atoms with van der Waals surface area (Å²) in [6.07, 6.45) is 7.77. The molecule has 0 saturated heterocycles. The Hall–Kier alpha value is -1.05. The molecule has 0 aromatic rings. The molecule has 0 bridgehead atoms. The quantitative estimate of drug-likeness (QED) is 0.619. The zero-order chi connectivity index (χ0) is 9.40. The molecule has 2 heteroatoms. The van der Waals surface area contributed by atoms with Crippen molar-refractivity contribution in [1.82, 2.24) is 0 Å². The van der Waals surface area contributed by atoms with E-state index in [2.05, 4.69) is 6.58 Å². The molecule has 1 unspecified atom stereocenters. The van der Waals surface area contributed by atoms with Crippen molar-refractivity contribution in [3.63, 3.8) is 0 Å². The van der Waals surface area contributed by atoms with Crippen LogP contribution in [0.2, 0.25) is 0 Å². The number of aliphatic carboxylic acids is 1. The monoisotopic (exact) mass is 168 g/mol. The zero-order valence-electron chi connectivity index (χ0n) is 7.49. The van der Waals surface area contributed by atoms with Crippen molar-refractivity contribution >= 4 is 5.97 Å². The van der Waals surface area contributed by atoms with Gasteiger partial charge in [0.1, 0.15) is 0 Å². The minimum atomic E-state index is -0.708. The van der Waals surface area contributed by atoms with Crippen LogP contribution in [0.25, 0.3) is 0 Å². The molecule has 0 aromatic heterocycles. The highest BCUT2D eigenvalue weighted by molar-refractivity contribution is 5.70. The fourth-order valence-electron chi connectivity index (χ4n) is 0.895. The molecule has 0 saturated carbocycles. The molecule has 0 heterocycles. The van der Waals surface area contributed by atoms with Gasteiger partial charge in [-0.2, -0.15) is 0 Å². The molecule has 0 fully saturated rings. The first-order valence-corrected chi connectivity index (χ1v) is 4.21. The third-order valence-electron chi connectivity index (χ3n) is 1.73. The van der Waals surface area contributed by atoms with E-state index in [1.54, 1.807) is 6.08 Å². The van der Waals surface area contributed by atoms with Gasteiger partial charge in [-0.15, -0.1) is 6.58 Å². The van der Waals surface area contributed by atoms with Crippen LogP contribution >= 0.6 is 0 Å². The molecule has 0 spiro atoms. The van der Waals surface area contributed by atoms with Gasteiger partial charge in [0.05, 0.1) is 5.92 Å². The number of hydrogen-bond donors (Lipinski definition) is 1. The van der Waals surface area contributed by atoms with E-state index in [4.69, 9.17) is 5.11 Å². The van der Waals surface area contributed by atoms with Crippen molar-refractivity contribution in [2.24, 2.45) is 5.92 Å². The third kappa shape index (κ3) is 4.72. The molecule has 0 rings (SSSR count). The third-order valence-corrected chi connectivity index (χ3v) is 1.73. The predicted molar refractivity (Wildman–Crippen MR) is 50.0 cm³/mol. The van der Waals surface area contributed by atoms with Crippen molar-refractivity contribution in [3.05, 3.63) is 24.8 Å². The Kier molecular flexibility index (Phi) is 6.07. The van der Waals surface area contributed by atoms with Crippen molar-refractivity contribution in [3.8, 4) is 0 Å². The highest BCUT2D eigenvalue weighted by Gasteiger charge is 2.11. The molecule has 0 aliphatic carbocycles. The zero-order valence-corrected chi connectivity index (χ0v) is 7.49. The average Bonchev–Trinajstić information content (AvgIpc) is 2.04. The molecular weight excluding hydrogens is 152 g/mol. The molecule has 0 aliphatic heterocycles. The summed E-state index contributed by atoms with van der Waals surface area (Å²) in [6.45, 7) is 5.45. The molecule has 2 nitrogen and oxygen atoms in total. The van der Waals surface area contributed by atoms with Gasteiger partial charge in [-0.05, 0) is 19.3 Å². The maximum Gasteiger partial charge on any atom is 0.306 e. The number of carboxylic acid groups (broad SMARTS) is 1. The van der Waals surface area contributed by atoms with E-state index in [1.807, 2.05) is 19.1 Å². The second-order valence-corrected chi connectivity index (χ2v) is 2.67. The maximum absolute atomic E-state index is 10.5. The van der Waals surface area contributed by atoms with Crippen LogP contribution in [0.1, 0.15) is 26.2 Å². The molecule has 0 radical (unpaired) electrons. The van der Waals surface area contributed by atoms with Crippen LogP contribution in [-0.4, -0.2) is 11.1 Å². The van der Waals surface area contributed by atoms with Gasteiger partial charge in [0.2, 0.25) is 0 Å². The lowest BCUT2D eigenvalue weighted by molar-refractivity contribution is -0.141. The van der Waals surface area contributed by atoms with Crippen molar-refractivity contribution < 1.29 is 9.90 Å². The summed E-state index contributed by atoms with van der Waals surface area (Å²) in [4.78, 5) is 10.5. The van der Waals surface area contributed by atoms with Gasteiger partial charge >= 0.3 is 5.97 Å². The van der Waals surface area contributed by atoms with Crippen LogP contribution in [0.4, 0.5) is 0 Å². The summed E-state index contributed by atoms with van der Waals surface area (Å²) in [5, 5.41) is 8.68. The number of rotatable bonds is 6. The summed E-state index contributed by atoms with van der Waals surface area (Å²) in [7, 11) is 0. The number of allylic oxidation sites excluding steroid dienone is 3. The minimum absolute atomic E-state index is 0.230. The molecule has 0 aromatic carbocycles. The molecular formula is C10H16O2. The van der Waals surface area contributed by atoms with E-state index in [1.165, 1.54) is 0 Å². The first kappa shape index (κ1) is 11.0. The van der Waals surface area contributed by atoms with Gasteiger partial charge in [-0.25, -0.2) is 0 Å². The smallest absolute Gasteiger partial charge is 0.306 e. The molecule has 1 atom stereocenters. The Morgan fingerprint density at radius 1 is 1.58 bits per heavy atom. The first-order valence-electron chi connectivity index (χ1n) is 4.21. The van der Waals surface area contributed by atoms with E-state index in [9.17, 15) is 4.79 Å². The van der Waals surface area contributed by atoms with Gasteiger partial charge in [-0.3, -0.25) is 4.79 Å². The standard InChI is InChI=1S/C10H16O2/c1-3-5-6-7-8-9(4-2)10(11)12/h3,6-7,9H,1,4-5,8H2,2H3,(H,11,12)/b7-6-. The van der Waals surface area contributed by atoms with Gasteiger partial charge in [0.15, 0.2) is 0 Å². The van der Waals surface area contributed by atoms with Crippen LogP contribution in [0.3, 0.4) is 0 Å². The van der Waals surface area contributed by atoms with E-state index in [-0.39, 0.29) is 5.92 Å². The van der Waals surface area contributed by atoms with Gasteiger partial charge in [-0.1, -0.05) is 25.2 Å². The lowest BCUT2D eigenvalue weighted by atomic mass is 10.0. The second kappa shape index (κ2) is 6.65. The van der Waals surface area contributed by atoms with E-state index < -0.39 is 5.97 Å². The topological polar surface area (TPSA) is 37.3 Å². The number of hydrogen-bond acceptors (Lipinski definition) is 1. The fraction of sp³-hybridized carbons (Fsp3) is 0.500. The van der Waals surface area contributed by atoms with Gasteiger partial charge < -0.3 is 5.11 Å². The Morgan fingerprint density at radius 2 is 2.25 bits per heavy atom. The maximum atomic E-state index is 10.5. The minimum Gasteiger partial charge on any atom is -0.481 e. The predicted octanol–water partition coefficient (Wildman–Crippen LogP) is 2.62. The molecule has 1 N–H and O–H groups in total. The van der Waals surface area contributed by atoms with Crippen LogP contribution in [0.15, 0.2) is 24.8 Å². The summed E-state index contributed by atoms with van der Waals surface area (Å²) in [5.41, 5.74) is 0. The summed E-state index contributed by atoms with van der Waals surface area (Å²) in [5.74, 6) is -0.938. The normalized spacial score (nSPS) is 13.1. The fourth-order valence-corrected chi connectivity index (χ4v) is 0.895. The van der Waals surface area contributed by atoms with E-state index >= 15 is 0 Å². The van der Waals surface area contributed by atoms with Crippen molar-refractivity contribution in [2.75, 3.05) is 0 Å². The van der Waals surface area contributed by atoms with Gasteiger partial charge in [0.25, 0.3) is 0 Å². The van der Waals surface area contributed by atoms with Crippen LogP contribution in [0.5, 0.6) is 0 Å². The lowest BCUT2D eigenvalue weighted by Crippen LogP contribution is -2.11. The van der Waals surface area contributed by atoms with Gasteiger partial charge in [0, 0.05) is 0 Å². The molecule has 0 aliphatic rings. The van der Waals surface area contributed by atoms with Crippen LogP contribution in [0, 0.1) is 5.92 Å². The van der Waals surface area contributed by atoms with E-state index in [0.717, 1.165) is 6.42 Å². The number of carboxylic acids is 1. The highest BCUT2D eigenvalue weighted by Crippen LogP contribution is 2.08. The molecule has 0 amide bonds. The van der Waals surface area contributed by atoms with Crippen molar-refractivity contribution in [1.29, 1.82) is 0 Å². The van der Waals surface area contributed by atoms with E-state index in [0.29, 0.717) is 12.8 Å². The Morgan fingerprint density at radius 3 is 2.67 bits per heavy atom. The largest absolute Gasteiger partial charge is 0.481 e. The highest BCUT2D eigenvalue weighted by atomic mass is 16.4. The van der Waals surface area contributed by atoms with Crippen LogP contribution < -0.4 is 0 Å². The molecule has 12 heavy (non-hydrogen) atoms. The summed E-state index contributed by atoms with van der Waals surface area (Å²) >= 11 is 0. The first-order chi connectivity index (χ1) is 5.72. The summed E-state index contributed by atoms with van der Waals surface area (Å²) < 4.78 is 0. The van der Waals surface area contributed by atoms with Crippen LogP contribution in [-0.2, 0) is 4.79 Å². The Balaban J connectivity index is 3.71. The lowest BCUT2D eigenvalue weighted by Gasteiger charge is -2.04. The Bertz CT molecular complexity index is 171. The molecule has 68 valence electrons.